The lowest BCUT2D eigenvalue weighted by Crippen LogP contribution is -2.55. The van der Waals surface area contributed by atoms with Crippen LogP contribution < -0.4 is 0 Å². The highest BCUT2D eigenvalue weighted by atomic mass is 19.1. The molecule has 0 spiro atoms. The van der Waals surface area contributed by atoms with Crippen molar-refractivity contribution in [2.24, 2.45) is 11.8 Å². The molecule has 0 aromatic heterocycles. The van der Waals surface area contributed by atoms with Gasteiger partial charge in [-0.05, 0) is 58.7 Å². The number of carbonyl (C=O) groups is 3. The molecule has 0 aliphatic heterocycles. The third kappa shape index (κ3) is 4.76. The van der Waals surface area contributed by atoms with Gasteiger partial charge in [0, 0.05) is 5.92 Å². The summed E-state index contributed by atoms with van der Waals surface area (Å²) in [5, 5.41) is 10.6. The zero-order chi connectivity index (χ0) is 21.2. The van der Waals surface area contributed by atoms with Crippen LogP contribution in [0.2, 0.25) is 0 Å². The van der Waals surface area contributed by atoms with E-state index in [2.05, 4.69) is 0 Å². The first kappa shape index (κ1) is 22.0. The van der Waals surface area contributed by atoms with Crippen LogP contribution in [-0.2, 0) is 23.9 Å². The van der Waals surface area contributed by atoms with Crippen molar-refractivity contribution in [1.29, 1.82) is 0 Å². The zero-order valence-corrected chi connectivity index (χ0v) is 16.8. The maximum Gasteiger partial charge on any atom is 0.317 e. The van der Waals surface area contributed by atoms with Crippen LogP contribution in [0.5, 0.6) is 0 Å². The van der Waals surface area contributed by atoms with Gasteiger partial charge in [-0.3, -0.25) is 14.4 Å². The lowest BCUT2D eigenvalue weighted by atomic mass is 9.63. The van der Waals surface area contributed by atoms with E-state index in [0.717, 1.165) is 0 Å². The first-order chi connectivity index (χ1) is 12.9. The van der Waals surface area contributed by atoms with E-state index in [1.54, 1.807) is 27.7 Å². The molecule has 6 nitrogen and oxygen atoms in total. The fourth-order valence-corrected chi connectivity index (χ4v) is 3.60. The quantitative estimate of drug-likeness (QED) is 0.610. The molecule has 28 heavy (non-hydrogen) atoms. The maximum atomic E-state index is 13.4. The number of rotatable bonds is 5. The highest BCUT2D eigenvalue weighted by Crippen LogP contribution is 2.45. The van der Waals surface area contributed by atoms with Gasteiger partial charge in [-0.15, -0.1) is 0 Å². The van der Waals surface area contributed by atoms with E-state index in [1.807, 2.05) is 0 Å². The Morgan fingerprint density at radius 3 is 2.07 bits per heavy atom. The summed E-state index contributed by atoms with van der Waals surface area (Å²) >= 11 is 0. The second-order valence-electron chi connectivity index (χ2n) is 7.98. The fourth-order valence-electron chi connectivity index (χ4n) is 3.60. The Kier molecular flexibility index (Phi) is 6.59. The molecule has 0 radical (unpaired) electrons. The molecule has 1 fully saturated rings. The molecule has 7 heteroatoms. The summed E-state index contributed by atoms with van der Waals surface area (Å²) in [6, 6.07) is 5.25. The molecule has 1 aliphatic carbocycles. The maximum absolute atomic E-state index is 13.4. The summed E-state index contributed by atoms with van der Waals surface area (Å²) in [7, 11) is 0. The van der Waals surface area contributed by atoms with E-state index < -0.39 is 59.1 Å². The number of benzene rings is 1. The summed E-state index contributed by atoms with van der Waals surface area (Å²) in [5.41, 5.74) is -1.46. The molecule has 0 amide bonds. The molecule has 1 aromatic rings. The normalized spacial score (nSPS) is 27.8. The van der Waals surface area contributed by atoms with Gasteiger partial charge in [-0.2, -0.15) is 0 Å². The van der Waals surface area contributed by atoms with Gasteiger partial charge in [0.25, 0.3) is 0 Å². The predicted molar refractivity (Wildman–Crippen MR) is 98.8 cm³/mol. The summed E-state index contributed by atoms with van der Waals surface area (Å²) in [5.74, 6) is -5.95. The van der Waals surface area contributed by atoms with Gasteiger partial charge >= 0.3 is 11.9 Å². The van der Waals surface area contributed by atoms with Gasteiger partial charge in [0.15, 0.2) is 5.78 Å². The summed E-state index contributed by atoms with van der Waals surface area (Å²) in [6.45, 7) is 7.92. The molecule has 1 aromatic carbocycles. The molecule has 1 N–H and O–H groups in total. The highest BCUT2D eigenvalue weighted by Gasteiger charge is 2.56. The van der Waals surface area contributed by atoms with Crippen LogP contribution in [-0.4, -0.2) is 40.6 Å². The van der Waals surface area contributed by atoms with Crippen LogP contribution in [0.15, 0.2) is 24.3 Å². The second-order valence-corrected chi connectivity index (χ2v) is 7.98. The van der Waals surface area contributed by atoms with E-state index in [0.29, 0.717) is 5.56 Å². The third-order valence-corrected chi connectivity index (χ3v) is 4.74. The number of halogens is 1. The van der Waals surface area contributed by atoms with Crippen molar-refractivity contribution in [2.45, 2.75) is 64.8 Å². The van der Waals surface area contributed by atoms with Gasteiger partial charge in [0.2, 0.25) is 0 Å². The number of carbonyl (C=O) groups excluding carboxylic acids is 3. The van der Waals surface area contributed by atoms with Crippen LogP contribution >= 0.6 is 0 Å². The molecular formula is C21H27FO6. The van der Waals surface area contributed by atoms with Crippen LogP contribution in [0.3, 0.4) is 0 Å². The SMILES string of the molecule is CC(C)OC(=O)[C@@H]1C(=O)[C@@](C)(O)C[C@@H](C(=O)OC(C)C)[C@H]1c1ccc(F)cc1. The topological polar surface area (TPSA) is 89.9 Å². The monoisotopic (exact) mass is 394 g/mol. The third-order valence-electron chi connectivity index (χ3n) is 4.74. The van der Waals surface area contributed by atoms with E-state index in [9.17, 15) is 23.9 Å². The molecule has 1 aliphatic rings. The second kappa shape index (κ2) is 8.39. The molecule has 4 atom stereocenters. The van der Waals surface area contributed by atoms with Crippen molar-refractivity contribution in [3.8, 4) is 0 Å². The van der Waals surface area contributed by atoms with Gasteiger partial charge in [0.1, 0.15) is 17.3 Å². The standard InChI is InChI=1S/C21H27FO6/c1-11(2)27-19(24)15-10-21(5,26)18(23)17(20(25)28-12(3)4)16(15)13-6-8-14(22)9-7-13/h6-9,11-12,15-17,26H,10H2,1-5H3/t15-,16-,17+,21+/m1/s1. The summed E-state index contributed by atoms with van der Waals surface area (Å²) in [6.07, 6.45) is -1.10. The van der Waals surface area contributed by atoms with E-state index in [-0.39, 0.29) is 6.42 Å². The number of Topliss-reactive ketones (excluding diaryl/α,β-unsaturated/α-hetero) is 1. The smallest absolute Gasteiger partial charge is 0.317 e. The van der Waals surface area contributed by atoms with Gasteiger partial charge in [0.05, 0.1) is 18.1 Å². The molecular weight excluding hydrogens is 367 g/mol. The van der Waals surface area contributed by atoms with Crippen molar-refractivity contribution in [3.63, 3.8) is 0 Å². The Labute approximate surface area is 164 Å². The van der Waals surface area contributed by atoms with E-state index in [1.165, 1.54) is 31.2 Å². The largest absolute Gasteiger partial charge is 0.463 e. The summed E-state index contributed by atoms with van der Waals surface area (Å²) < 4.78 is 24.0. The Morgan fingerprint density at radius 2 is 1.57 bits per heavy atom. The van der Waals surface area contributed by atoms with Crippen LogP contribution in [0, 0.1) is 17.7 Å². The minimum Gasteiger partial charge on any atom is -0.463 e. The van der Waals surface area contributed by atoms with E-state index >= 15 is 0 Å². The minimum atomic E-state index is -1.89. The Hall–Kier alpha value is -2.28. The van der Waals surface area contributed by atoms with Gasteiger partial charge < -0.3 is 14.6 Å². The molecule has 154 valence electrons. The van der Waals surface area contributed by atoms with Gasteiger partial charge in [-0.1, -0.05) is 12.1 Å². The average Bonchev–Trinajstić information content (AvgIpc) is 2.56. The Balaban J connectivity index is 2.57. The fraction of sp³-hybridized carbons (Fsp3) is 0.571. The summed E-state index contributed by atoms with van der Waals surface area (Å²) in [4.78, 5) is 38.5. The number of aliphatic hydroxyl groups is 1. The molecule has 1 saturated carbocycles. The van der Waals surface area contributed by atoms with Crippen molar-refractivity contribution in [2.75, 3.05) is 0 Å². The molecule has 0 bridgehead atoms. The molecule has 0 saturated heterocycles. The van der Waals surface area contributed by atoms with Crippen molar-refractivity contribution >= 4 is 17.7 Å². The number of ketones is 1. The lowest BCUT2D eigenvalue weighted by molar-refractivity contribution is -0.173. The number of hydrogen-bond donors (Lipinski definition) is 1. The zero-order valence-electron chi connectivity index (χ0n) is 16.8. The number of esters is 2. The highest BCUT2D eigenvalue weighted by molar-refractivity contribution is 6.06. The number of ether oxygens (including phenoxy) is 2. The lowest BCUT2D eigenvalue weighted by Gasteiger charge is -2.42. The first-order valence-electron chi connectivity index (χ1n) is 9.37. The number of hydrogen-bond acceptors (Lipinski definition) is 6. The van der Waals surface area contributed by atoms with E-state index in [4.69, 9.17) is 9.47 Å². The van der Waals surface area contributed by atoms with Gasteiger partial charge in [-0.25, -0.2) is 4.39 Å². The van der Waals surface area contributed by atoms with Crippen molar-refractivity contribution < 1.29 is 33.4 Å². The first-order valence-corrected chi connectivity index (χ1v) is 9.37. The van der Waals surface area contributed by atoms with Crippen molar-refractivity contribution in [1.82, 2.24) is 0 Å². The van der Waals surface area contributed by atoms with Crippen molar-refractivity contribution in [3.05, 3.63) is 35.6 Å². The average molecular weight is 394 g/mol. The van der Waals surface area contributed by atoms with Crippen LogP contribution in [0.1, 0.15) is 52.5 Å². The molecule has 0 unspecified atom stereocenters. The Morgan fingerprint density at radius 1 is 1.07 bits per heavy atom. The van der Waals surface area contributed by atoms with Crippen LogP contribution in [0.25, 0.3) is 0 Å². The molecule has 2 rings (SSSR count). The van der Waals surface area contributed by atoms with Crippen LogP contribution in [0.4, 0.5) is 4.39 Å². The predicted octanol–water partition coefficient (Wildman–Crippen LogP) is 2.77. The molecule has 0 heterocycles. The minimum absolute atomic E-state index is 0.203. The Bertz CT molecular complexity index is 738.